The van der Waals surface area contributed by atoms with Gasteiger partial charge in [0.15, 0.2) is 0 Å². The fourth-order valence-electron chi connectivity index (χ4n) is 4.25. The summed E-state index contributed by atoms with van der Waals surface area (Å²) in [5.74, 6) is 0. The molecule has 0 aliphatic heterocycles. The highest BCUT2D eigenvalue weighted by atomic mass is 31.2. The maximum atomic E-state index is 14.7. The van der Waals surface area contributed by atoms with Gasteiger partial charge in [0.25, 0.3) is 0 Å². The van der Waals surface area contributed by atoms with Gasteiger partial charge in [0.05, 0.1) is 5.66 Å². The zero-order valence-corrected chi connectivity index (χ0v) is 16.7. The van der Waals surface area contributed by atoms with E-state index in [9.17, 15) is 4.57 Å². The number of rotatable bonds is 7. The molecule has 0 spiro atoms. The van der Waals surface area contributed by atoms with Crippen LogP contribution in [0.25, 0.3) is 11.1 Å². The van der Waals surface area contributed by atoms with Gasteiger partial charge in [0, 0.05) is 26.2 Å². The normalized spacial score (nSPS) is 14.2. The second-order valence-electron chi connectivity index (χ2n) is 6.44. The average molecular weight is 356 g/mol. The first-order valence-corrected chi connectivity index (χ1v) is 11.1. The minimum atomic E-state index is -2.79. The number of hydrogen-bond donors (Lipinski definition) is 0. The molecule has 0 amide bonds. The van der Waals surface area contributed by atoms with Gasteiger partial charge in [0.2, 0.25) is 7.44 Å². The summed E-state index contributed by atoms with van der Waals surface area (Å²) in [4.78, 5) is 0. The molecular formula is C21H29N2OP. The Labute approximate surface area is 152 Å². The summed E-state index contributed by atoms with van der Waals surface area (Å²) in [5.41, 5.74) is 4.83. The van der Waals surface area contributed by atoms with Crippen LogP contribution < -0.4 is 0 Å². The van der Waals surface area contributed by atoms with E-state index in [0.717, 1.165) is 26.2 Å². The van der Waals surface area contributed by atoms with Gasteiger partial charge in [-0.05, 0) is 22.3 Å². The average Bonchev–Trinajstić information content (AvgIpc) is 2.98. The van der Waals surface area contributed by atoms with Gasteiger partial charge in [-0.2, -0.15) is 0 Å². The van der Waals surface area contributed by atoms with Gasteiger partial charge in [-0.15, -0.1) is 0 Å². The molecule has 3 rings (SSSR count). The zero-order chi connectivity index (χ0) is 18.0. The highest BCUT2D eigenvalue weighted by molar-refractivity contribution is 7.59. The van der Waals surface area contributed by atoms with Crippen molar-refractivity contribution in [1.29, 1.82) is 0 Å². The minimum Gasteiger partial charge on any atom is -0.288 e. The van der Waals surface area contributed by atoms with Gasteiger partial charge >= 0.3 is 0 Å². The predicted octanol–water partition coefficient (Wildman–Crippen LogP) is 5.63. The second-order valence-corrected chi connectivity index (χ2v) is 9.27. The number of fused-ring (bicyclic) bond motifs is 3. The Morgan fingerprint density at radius 1 is 0.720 bits per heavy atom. The van der Waals surface area contributed by atoms with E-state index in [1.807, 2.05) is 0 Å². The van der Waals surface area contributed by atoms with Gasteiger partial charge in [0.1, 0.15) is 0 Å². The molecule has 0 unspecified atom stereocenters. The van der Waals surface area contributed by atoms with Crippen LogP contribution in [-0.4, -0.2) is 35.5 Å². The van der Waals surface area contributed by atoms with E-state index in [-0.39, 0.29) is 5.66 Å². The fourth-order valence-corrected chi connectivity index (χ4v) is 8.06. The number of hydrogen-bond acceptors (Lipinski definition) is 1. The summed E-state index contributed by atoms with van der Waals surface area (Å²) in [7, 11) is -2.79. The smallest absolute Gasteiger partial charge is 0.228 e. The van der Waals surface area contributed by atoms with Crippen LogP contribution in [-0.2, 0) is 4.57 Å². The largest absolute Gasteiger partial charge is 0.288 e. The third-order valence-corrected chi connectivity index (χ3v) is 9.39. The minimum absolute atomic E-state index is 0.0697. The molecular weight excluding hydrogens is 327 g/mol. The third kappa shape index (κ3) is 2.79. The van der Waals surface area contributed by atoms with E-state index in [4.69, 9.17) is 0 Å². The Hall–Kier alpha value is -1.41. The van der Waals surface area contributed by atoms with Crippen molar-refractivity contribution in [2.75, 3.05) is 26.2 Å². The summed E-state index contributed by atoms with van der Waals surface area (Å²) < 4.78 is 19.1. The summed E-state index contributed by atoms with van der Waals surface area (Å²) in [6, 6.07) is 17.0. The lowest BCUT2D eigenvalue weighted by Gasteiger charge is -2.41. The van der Waals surface area contributed by atoms with Crippen molar-refractivity contribution in [3.63, 3.8) is 0 Å². The summed E-state index contributed by atoms with van der Waals surface area (Å²) in [5, 5.41) is 0. The van der Waals surface area contributed by atoms with E-state index in [2.05, 4.69) is 85.6 Å². The summed E-state index contributed by atoms with van der Waals surface area (Å²) in [6.45, 7) is 11.7. The van der Waals surface area contributed by atoms with Crippen LogP contribution in [0.3, 0.4) is 0 Å². The molecule has 0 fully saturated rings. The molecule has 0 aromatic heterocycles. The fraction of sp³-hybridized carbons (Fsp3) is 0.429. The predicted molar refractivity (Wildman–Crippen MR) is 107 cm³/mol. The van der Waals surface area contributed by atoms with Crippen LogP contribution in [0, 0.1) is 0 Å². The van der Waals surface area contributed by atoms with E-state index in [1.165, 1.54) is 22.3 Å². The Kier molecular flexibility index (Phi) is 5.48. The maximum Gasteiger partial charge on any atom is 0.228 e. The van der Waals surface area contributed by atoms with Crippen LogP contribution in [0.5, 0.6) is 0 Å². The van der Waals surface area contributed by atoms with E-state index >= 15 is 0 Å². The zero-order valence-electron chi connectivity index (χ0n) is 15.8. The number of nitrogens with zero attached hydrogens (tertiary/aromatic N) is 2. The lowest BCUT2D eigenvalue weighted by Crippen LogP contribution is -2.34. The molecule has 134 valence electrons. The molecule has 0 radical (unpaired) electrons. The van der Waals surface area contributed by atoms with Gasteiger partial charge in [-0.25, -0.2) is 9.34 Å². The number of benzene rings is 2. The van der Waals surface area contributed by atoms with Crippen LogP contribution in [0.4, 0.5) is 0 Å². The molecule has 0 atom stereocenters. The third-order valence-electron chi connectivity index (χ3n) is 5.41. The molecule has 25 heavy (non-hydrogen) atoms. The summed E-state index contributed by atoms with van der Waals surface area (Å²) >= 11 is 0. The van der Waals surface area contributed by atoms with Crippen molar-refractivity contribution in [1.82, 2.24) is 9.34 Å². The standard InChI is InChI=1S/C21H29N2OP/c1-5-22(6-2)25(24,23(7-3)8-4)21-19-15-11-9-13-17(19)18-14-10-12-16-20(18)21/h9-16,21H,5-8H2,1-4H3. The monoisotopic (exact) mass is 356 g/mol. The quantitative estimate of drug-likeness (QED) is 0.600. The molecule has 0 bridgehead atoms. The van der Waals surface area contributed by atoms with Crippen molar-refractivity contribution in [3.8, 4) is 11.1 Å². The van der Waals surface area contributed by atoms with E-state index in [1.54, 1.807) is 0 Å². The Balaban J connectivity index is 2.28. The lowest BCUT2D eigenvalue weighted by atomic mass is 10.1. The van der Waals surface area contributed by atoms with E-state index in [0.29, 0.717) is 0 Å². The van der Waals surface area contributed by atoms with Crippen LogP contribution in [0.15, 0.2) is 48.5 Å². The molecule has 0 heterocycles. The van der Waals surface area contributed by atoms with Crippen LogP contribution >= 0.6 is 7.44 Å². The Bertz CT molecular complexity index is 719. The Morgan fingerprint density at radius 3 is 1.44 bits per heavy atom. The molecule has 0 saturated heterocycles. The topological polar surface area (TPSA) is 23.6 Å². The van der Waals surface area contributed by atoms with Crippen molar-refractivity contribution in [2.45, 2.75) is 33.4 Å². The molecule has 0 N–H and O–H groups in total. The van der Waals surface area contributed by atoms with Gasteiger partial charge < -0.3 is 0 Å². The SMILES string of the molecule is CCN(CC)P(=O)(C1c2ccccc2-c2ccccc21)N(CC)CC. The summed E-state index contributed by atoms with van der Waals surface area (Å²) in [6.07, 6.45) is 0. The molecule has 0 saturated carbocycles. The van der Waals surface area contributed by atoms with E-state index < -0.39 is 7.44 Å². The van der Waals surface area contributed by atoms with Gasteiger partial charge in [-0.1, -0.05) is 76.2 Å². The molecule has 3 nitrogen and oxygen atoms in total. The van der Waals surface area contributed by atoms with Crippen molar-refractivity contribution >= 4 is 7.44 Å². The van der Waals surface area contributed by atoms with Gasteiger partial charge in [-0.3, -0.25) is 4.57 Å². The highest BCUT2D eigenvalue weighted by Crippen LogP contribution is 2.70. The first-order chi connectivity index (χ1) is 12.1. The molecule has 1 aliphatic rings. The maximum absolute atomic E-state index is 14.7. The van der Waals surface area contributed by atoms with Crippen LogP contribution in [0.1, 0.15) is 44.5 Å². The molecule has 4 heteroatoms. The van der Waals surface area contributed by atoms with Crippen LogP contribution in [0.2, 0.25) is 0 Å². The lowest BCUT2D eigenvalue weighted by molar-refractivity contribution is 0.354. The molecule has 2 aromatic carbocycles. The first kappa shape index (κ1) is 18.4. The highest BCUT2D eigenvalue weighted by Gasteiger charge is 2.47. The van der Waals surface area contributed by atoms with Crippen molar-refractivity contribution in [3.05, 3.63) is 59.7 Å². The molecule has 1 aliphatic carbocycles. The van der Waals surface area contributed by atoms with Crippen molar-refractivity contribution in [2.24, 2.45) is 0 Å². The first-order valence-electron chi connectivity index (χ1n) is 9.42. The van der Waals surface area contributed by atoms with Crippen molar-refractivity contribution < 1.29 is 4.57 Å². The Morgan fingerprint density at radius 2 is 1.08 bits per heavy atom. The molecule has 2 aromatic rings. The second kappa shape index (κ2) is 7.45.